The molecule has 6 nitrogen and oxygen atoms in total. The first-order chi connectivity index (χ1) is 14.1. The summed E-state index contributed by atoms with van der Waals surface area (Å²) in [6.07, 6.45) is 0.871. The molecule has 1 saturated heterocycles. The molecule has 1 N–H and O–H groups in total. The highest BCUT2D eigenvalue weighted by molar-refractivity contribution is 7.07. The molecule has 1 amide bonds. The maximum atomic E-state index is 13.4. The first kappa shape index (κ1) is 18.3. The topological polar surface area (TPSA) is 69.6 Å². The van der Waals surface area contributed by atoms with Crippen molar-refractivity contribution in [2.75, 3.05) is 18.0 Å². The lowest BCUT2D eigenvalue weighted by molar-refractivity contribution is 0.118. The van der Waals surface area contributed by atoms with E-state index in [1.807, 2.05) is 17.5 Å². The SMILES string of the molecule is O=C(O)N(Cc1cscn1)C1C[C@@H]2CN(c3ccc4cc(F)ccc4n3)C[C@@H]2C1. The zero-order valence-corrected chi connectivity index (χ0v) is 16.6. The largest absolute Gasteiger partial charge is 0.465 e. The number of anilines is 1. The normalized spacial score (nSPS) is 23.5. The van der Waals surface area contributed by atoms with Crippen LogP contribution in [0.4, 0.5) is 15.0 Å². The van der Waals surface area contributed by atoms with Crippen molar-refractivity contribution in [1.82, 2.24) is 14.9 Å². The lowest BCUT2D eigenvalue weighted by Gasteiger charge is -2.27. The molecule has 1 aromatic carbocycles. The van der Waals surface area contributed by atoms with Gasteiger partial charge in [0.15, 0.2) is 0 Å². The van der Waals surface area contributed by atoms with Crippen LogP contribution in [0.3, 0.4) is 0 Å². The first-order valence-electron chi connectivity index (χ1n) is 9.75. The van der Waals surface area contributed by atoms with Gasteiger partial charge in [-0.1, -0.05) is 0 Å². The Kier molecular flexibility index (Phi) is 4.58. The van der Waals surface area contributed by atoms with E-state index in [9.17, 15) is 14.3 Å². The Morgan fingerprint density at radius 3 is 2.72 bits per heavy atom. The van der Waals surface area contributed by atoms with Crippen LogP contribution < -0.4 is 4.90 Å². The van der Waals surface area contributed by atoms with Crippen molar-refractivity contribution < 1.29 is 14.3 Å². The molecule has 0 spiro atoms. The molecule has 1 aliphatic heterocycles. The minimum Gasteiger partial charge on any atom is -0.465 e. The highest BCUT2D eigenvalue weighted by atomic mass is 32.1. The van der Waals surface area contributed by atoms with Gasteiger partial charge in [0.1, 0.15) is 11.6 Å². The summed E-state index contributed by atoms with van der Waals surface area (Å²) in [5.74, 6) is 1.58. The van der Waals surface area contributed by atoms with Crippen LogP contribution >= 0.6 is 11.3 Å². The highest BCUT2D eigenvalue weighted by Crippen LogP contribution is 2.42. The Bertz CT molecular complexity index is 1030. The van der Waals surface area contributed by atoms with Crippen molar-refractivity contribution in [2.24, 2.45) is 11.8 Å². The summed E-state index contributed by atoms with van der Waals surface area (Å²) >= 11 is 1.49. The van der Waals surface area contributed by atoms with E-state index in [-0.39, 0.29) is 11.9 Å². The summed E-state index contributed by atoms with van der Waals surface area (Å²) in [6.45, 7) is 2.12. The number of aromatic nitrogens is 2. The predicted molar refractivity (Wildman–Crippen MR) is 110 cm³/mol. The fourth-order valence-electron chi connectivity index (χ4n) is 4.81. The standard InChI is InChI=1S/C21H21FN4O2S/c22-16-2-3-19-13(5-16)1-4-20(24-19)25-8-14-6-18(7-15(14)9-25)26(21(27)28)10-17-11-29-12-23-17/h1-5,11-12,14-15,18H,6-10H2,(H,27,28)/t14-,15+,18?. The number of rotatable bonds is 4. The van der Waals surface area contributed by atoms with Crippen molar-refractivity contribution in [1.29, 1.82) is 0 Å². The Hall–Kier alpha value is -2.74. The number of carboxylic acid groups (broad SMARTS) is 1. The Balaban J connectivity index is 1.28. The molecule has 3 aromatic rings. The predicted octanol–water partition coefficient (Wildman–Crippen LogP) is 4.23. The van der Waals surface area contributed by atoms with Gasteiger partial charge >= 0.3 is 6.09 Å². The molecular weight excluding hydrogens is 391 g/mol. The van der Waals surface area contributed by atoms with E-state index in [0.717, 1.165) is 48.3 Å². The molecule has 0 radical (unpaired) electrons. The summed E-state index contributed by atoms with van der Waals surface area (Å²) in [5.41, 5.74) is 3.34. The third-order valence-corrected chi connectivity index (χ3v) is 6.82. The fourth-order valence-corrected chi connectivity index (χ4v) is 5.36. The maximum Gasteiger partial charge on any atom is 0.407 e. The van der Waals surface area contributed by atoms with Gasteiger partial charge in [0.05, 0.1) is 23.3 Å². The average molecular weight is 412 g/mol. The van der Waals surface area contributed by atoms with Crippen LogP contribution in [0, 0.1) is 17.7 Å². The molecule has 3 heterocycles. The monoisotopic (exact) mass is 412 g/mol. The number of hydrogen-bond donors (Lipinski definition) is 1. The molecule has 1 aliphatic carbocycles. The minimum absolute atomic E-state index is 0.0406. The van der Waals surface area contributed by atoms with Crippen molar-refractivity contribution in [3.05, 3.63) is 52.7 Å². The number of amides is 1. The van der Waals surface area contributed by atoms with E-state index in [2.05, 4.69) is 9.88 Å². The van der Waals surface area contributed by atoms with E-state index in [1.54, 1.807) is 16.5 Å². The van der Waals surface area contributed by atoms with E-state index in [1.165, 1.54) is 23.5 Å². The third kappa shape index (κ3) is 3.53. The number of fused-ring (bicyclic) bond motifs is 2. The van der Waals surface area contributed by atoms with Gasteiger partial charge in [-0.25, -0.2) is 19.2 Å². The summed E-state index contributed by atoms with van der Waals surface area (Å²) in [5, 5.41) is 12.4. The van der Waals surface area contributed by atoms with Gasteiger partial charge in [-0.3, -0.25) is 4.90 Å². The number of thiazole rings is 1. The molecule has 1 unspecified atom stereocenters. The molecule has 8 heteroatoms. The van der Waals surface area contributed by atoms with Crippen LogP contribution in [-0.2, 0) is 6.54 Å². The molecule has 150 valence electrons. The second-order valence-corrected chi connectivity index (χ2v) is 8.67. The second-order valence-electron chi connectivity index (χ2n) is 7.95. The number of carbonyl (C=O) groups is 1. The van der Waals surface area contributed by atoms with Gasteiger partial charge in [0.2, 0.25) is 0 Å². The second kappa shape index (κ2) is 7.26. The van der Waals surface area contributed by atoms with Gasteiger partial charge in [-0.05, 0) is 55.0 Å². The first-order valence-corrected chi connectivity index (χ1v) is 10.7. The smallest absolute Gasteiger partial charge is 0.407 e. The van der Waals surface area contributed by atoms with Crippen molar-refractivity contribution in [3.63, 3.8) is 0 Å². The lowest BCUT2D eigenvalue weighted by Crippen LogP contribution is -2.38. The number of hydrogen-bond acceptors (Lipinski definition) is 5. The van der Waals surface area contributed by atoms with Gasteiger partial charge in [-0.15, -0.1) is 11.3 Å². The van der Waals surface area contributed by atoms with Crippen LogP contribution in [0.25, 0.3) is 10.9 Å². The molecule has 0 bridgehead atoms. The van der Waals surface area contributed by atoms with Crippen LogP contribution in [0.5, 0.6) is 0 Å². The lowest BCUT2D eigenvalue weighted by atomic mass is 10.0. The van der Waals surface area contributed by atoms with Gasteiger partial charge in [0, 0.05) is 29.9 Å². The Morgan fingerprint density at radius 1 is 1.24 bits per heavy atom. The van der Waals surface area contributed by atoms with E-state index < -0.39 is 6.09 Å². The molecule has 2 aliphatic rings. The van der Waals surface area contributed by atoms with Crippen LogP contribution in [0.2, 0.25) is 0 Å². The Morgan fingerprint density at radius 2 is 2.03 bits per heavy atom. The van der Waals surface area contributed by atoms with E-state index >= 15 is 0 Å². The number of nitrogens with zero attached hydrogens (tertiary/aromatic N) is 4. The highest BCUT2D eigenvalue weighted by Gasteiger charge is 2.44. The fraction of sp³-hybridized carbons (Fsp3) is 0.381. The molecule has 5 rings (SSSR count). The average Bonchev–Trinajstić information content (AvgIpc) is 3.41. The van der Waals surface area contributed by atoms with Crippen molar-refractivity contribution >= 4 is 34.2 Å². The van der Waals surface area contributed by atoms with Crippen LogP contribution in [0.15, 0.2) is 41.2 Å². The maximum absolute atomic E-state index is 13.4. The minimum atomic E-state index is -0.872. The summed E-state index contributed by atoms with van der Waals surface area (Å²) in [7, 11) is 0. The zero-order valence-electron chi connectivity index (χ0n) is 15.7. The number of pyridine rings is 1. The molecular formula is C21H21FN4O2S. The van der Waals surface area contributed by atoms with E-state index in [0.29, 0.717) is 18.4 Å². The third-order valence-electron chi connectivity index (χ3n) is 6.19. The summed E-state index contributed by atoms with van der Waals surface area (Å²) < 4.78 is 13.4. The summed E-state index contributed by atoms with van der Waals surface area (Å²) in [4.78, 5) is 24.6. The molecule has 29 heavy (non-hydrogen) atoms. The number of benzene rings is 1. The van der Waals surface area contributed by atoms with Crippen LogP contribution in [-0.4, -0.2) is 45.2 Å². The molecule has 2 aromatic heterocycles. The van der Waals surface area contributed by atoms with Crippen LogP contribution in [0.1, 0.15) is 18.5 Å². The van der Waals surface area contributed by atoms with Gasteiger partial charge in [0.25, 0.3) is 0 Å². The van der Waals surface area contributed by atoms with Gasteiger partial charge < -0.3 is 10.0 Å². The van der Waals surface area contributed by atoms with Gasteiger partial charge in [-0.2, -0.15) is 0 Å². The zero-order chi connectivity index (χ0) is 20.0. The number of halogens is 1. The summed E-state index contributed by atoms with van der Waals surface area (Å²) in [6, 6.07) is 8.55. The quantitative estimate of drug-likeness (QED) is 0.695. The Labute approximate surface area is 171 Å². The molecule has 1 saturated carbocycles. The molecule has 2 fully saturated rings. The molecule has 3 atom stereocenters. The van der Waals surface area contributed by atoms with Crippen molar-refractivity contribution in [3.8, 4) is 0 Å². The van der Waals surface area contributed by atoms with Crippen molar-refractivity contribution in [2.45, 2.75) is 25.4 Å². The van der Waals surface area contributed by atoms with E-state index in [4.69, 9.17) is 4.98 Å².